The van der Waals surface area contributed by atoms with Gasteiger partial charge in [0.05, 0.1) is 0 Å². The summed E-state index contributed by atoms with van der Waals surface area (Å²) in [6.07, 6.45) is 2.29. The Hall–Kier alpha value is -1.67. The summed E-state index contributed by atoms with van der Waals surface area (Å²) in [5.41, 5.74) is 5.33. The summed E-state index contributed by atoms with van der Waals surface area (Å²) in [6.45, 7) is 4.28. The monoisotopic (exact) mass is 269 g/mol. The average molecular weight is 269 g/mol. The normalized spacial score (nSPS) is 18.9. The van der Waals surface area contributed by atoms with Crippen LogP contribution in [0.25, 0.3) is 0 Å². The Morgan fingerprint density at radius 1 is 1.15 bits per heavy atom. The quantitative estimate of drug-likeness (QED) is 0.866. The van der Waals surface area contributed by atoms with Crippen LogP contribution >= 0.6 is 0 Å². The molecule has 0 saturated heterocycles. The molecule has 2 atom stereocenters. The van der Waals surface area contributed by atoms with Gasteiger partial charge in [0, 0.05) is 12.1 Å². The molecule has 0 fully saturated rings. The second-order valence-corrected chi connectivity index (χ2v) is 5.73. The van der Waals surface area contributed by atoms with E-state index in [1.165, 1.54) is 28.8 Å². The summed E-state index contributed by atoms with van der Waals surface area (Å²) in [7, 11) is 0. The predicted molar refractivity (Wildman–Crippen MR) is 80.2 cm³/mol. The van der Waals surface area contributed by atoms with E-state index >= 15 is 0 Å². The molecule has 0 spiro atoms. The summed E-state index contributed by atoms with van der Waals surface area (Å²) < 4.78 is 13.0. The molecule has 0 aliphatic heterocycles. The third kappa shape index (κ3) is 2.61. The van der Waals surface area contributed by atoms with Gasteiger partial charge >= 0.3 is 0 Å². The standard InChI is InChI=1S/C18H20FN/c1-12-3-4-15-7-10-18(17(15)11-12)20-13(2)14-5-8-16(19)9-6-14/h3-6,8-9,11,13,18,20H,7,10H2,1-2H3/t13-,18?/m0/s1. The average Bonchev–Trinajstić information content (AvgIpc) is 2.82. The van der Waals surface area contributed by atoms with Gasteiger partial charge < -0.3 is 5.32 Å². The summed E-state index contributed by atoms with van der Waals surface area (Å²) in [4.78, 5) is 0. The molecule has 2 heteroatoms. The summed E-state index contributed by atoms with van der Waals surface area (Å²) in [5, 5.41) is 3.68. The van der Waals surface area contributed by atoms with Crippen LogP contribution in [0.4, 0.5) is 4.39 Å². The first-order chi connectivity index (χ1) is 9.63. The van der Waals surface area contributed by atoms with Gasteiger partial charge in [-0.05, 0) is 55.5 Å². The smallest absolute Gasteiger partial charge is 0.123 e. The van der Waals surface area contributed by atoms with Gasteiger partial charge in [0.2, 0.25) is 0 Å². The molecule has 0 heterocycles. The van der Waals surface area contributed by atoms with E-state index in [0.717, 1.165) is 18.4 Å². The highest BCUT2D eigenvalue weighted by Crippen LogP contribution is 2.33. The van der Waals surface area contributed by atoms with Gasteiger partial charge in [0.25, 0.3) is 0 Å². The molecular formula is C18H20FN. The van der Waals surface area contributed by atoms with Crippen molar-refractivity contribution in [3.63, 3.8) is 0 Å². The van der Waals surface area contributed by atoms with Crippen LogP contribution in [0.2, 0.25) is 0 Å². The number of nitrogens with one attached hydrogen (secondary N) is 1. The van der Waals surface area contributed by atoms with E-state index in [2.05, 4.69) is 37.4 Å². The number of hydrogen-bond donors (Lipinski definition) is 1. The first-order valence-corrected chi connectivity index (χ1v) is 7.24. The van der Waals surface area contributed by atoms with Crippen LogP contribution < -0.4 is 5.32 Å². The topological polar surface area (TPSA) is 12.0 Å². The lowest BCUT2D eigenvalue weighted by molar-refractivity contribution is 0.464. The molecule has 1 nitrogen and oxygen atoms in total. The lowest BCUT2D eigenvalue weighted by Crippen LogP contribution is -2.23. The highest BCUT2D eigenvalue weighted by Gasteiger charge is 2.23. The fraction of sp³-hybridized carbons (Fsp3) is 0.333. The lowest BCUT2D eigenvalue weighted by Gasteiger charge is -2.21. The number of aryl methyl sites for hydroxylation is 2. The van der Waals surface area contributed by atoms with Crippen LogP contribution in [0, 0.1) is 12.7 Å². The Kier molecular flexibility index (Phi) is 3.58. The molecule has 3 rings (SSSR count). The molecule has 0 saturated carbocycles. The Bertz CT molecular complexity index is 603. The van der Waals surface area contributed by atoms with Crippen molar-refractivity contribution >= 4 is 0 Å². The van der Waals surface area contributed by atoms with E-state index in [1.54, 1.807) is 0 Å². The second kappa shape index (κ2) is 5.37. The van der Waals surface area contributed by atoms with Gasteiger partial charge in [0.15, 0.2) is 0 Å². The van der Waals surface area contributed by atoms with Gasteiger partial charge in [-0.25, -0.2) is 4.39 Å². The molecular weight excluding hydrogens is 249 g/mol. The lowest BCUT2D eigenvalue weighted by atomic mass is 10.0. The minimum atomic E-state index is -0.178. The van der Waals surface area contributed by atoms with E-state index < -0.39 is 0 Å². The maximum atomic E-state index is 13.0. The molecule has 0 amide bonds. The molecule has 0 radical (unpaired) electrons. The largest absolute Gasteiger partial charge is 0.303 e. The van der Waals surface area contributed by atoms with E-state index in [0.29, 0.717) is 6.04 Å². The van der Waals surface area contributed by atoms with Crippen LogP contribution in [0.1, 0.15) is 47.7 Å². The highest BCUT2D eigenvalue weighted by molar-refractivity contribution is 5.38. The van der Waals surface area contributed by atoms with Crippen molar-refractivity contribution < 1.29 is 4.39 Å². The molecule has 1 N–H and O–H groups in total. The van der Waals surface area contributed by atoms with E-state index in [-0.39, 0.29) is 11.9 Å². The second-order valence-electron chi connectivity index (χ2n) is 5.73. The molecule has 2 aromatic rings. The van der Waals surface area contributed by atoms with Crippen LogP contribution in [-0.4, -0.2) is 0 Å². The molecule has 2 aromatic carbocycles. The number of benzene rings is 2. The van der Waals surface area contributed by atoms with Gasteiger partial charge in [-0.15, -0.1) is 0 Å². The molecule has 104 valence electrons. The van der Waals surface area contributed by atoms with Crippen LogP contribution in [-0.2, 0) is 6.42 Å². The van der Waals surface area contributed by atoms with Crippen molar-refractivity contribution in [1.29, 1.82) is 0 Å². The Morgan fingerprint density at radius 2 is 1.90 bits per heavy atom. The number of halogens is 1. The number of hydrogen-bond acceptors (Lipinski definition) is 1. The zero-order chi connectivity index (χ0) is 14.1. The number of rotatable bonds is 3. The Labute approximate surface area is 119 Å². The fourth-order valence-electron chi connectivity index (χ4n) is 3.04. The maximum absolute atomic E-state index is 13.0. The van der Waals surface area contributed by atoms with Crippen molar-refractivity contribution in [3.8, 4) is 0 Å². The minimum absolute atomic E-state index is 0.178. The van der Waals surface area contributed by atoms with Crippen LogP contribution in [0.5, 0.6) is 0 Å². The van der Waals surface area contributed by atoms with E-state index in [9.17, 15) is 4.39 Å². The van der Waals surface area contributed by atoms with Gasteiger partial charge in [-0.3, -0.25) is 0 Å². The van der Waals surface area contributed by atoms with Gasteiger partial charge in [-0.2, -0.15) is 0 Å². The SMILES string of the molecule is Cc1ccc2c(c1)C(N[C@@H](C)c1ccc(F)cc1)CC2. The van der Waals surface area contributed by atoms with Crippen LogP contribution in [0.15, 0.2) is 42.5 Å². The Balaban J connectivity index is 1.76. The highest BCUT2D eigenvalue weighted by atomic mass is 19.1. The van der Waals surface area contributed by atoms with Gasteiger partial charge in [0.1, 0.15) is 5.82 Å². The molecule has 1 aliphatic rings. The van der Waals surface area contributed by atoms with Gasteiger partial charge in [-0.1, -0.05) is 35.9 Å². The van der Waals surface area contributed by atoms with E-state index in [4.69, 9.17) is 0 Å². The number of fused-ring (bicyclic) bond motifs is 1. The molecule has 0 bridgehead atoms. The van der Waals surface area contributed by atoms with Crippen LogP contribution in [0.3, 0.4) is 0 Å². The minimum Gasteiger partial charge on any atom is -0.303 e. The third-order valence-corrected chi connectivity index (χ3v) is 4.20. The fourth-order valence-corrected chi connectivity index (χ4v) is 3.04. The predicted octanol–water partition coefficient (Wildman–Crippen LogP) is 4.47. The maximum Gasteiger partial charge on any atom is 0.123 e. The molecule has 0 aromatic heterocycles. The van der Waals surface area contributed by atoms with Crippen molar-refractivity contribution in [3.05, 3.63) is 70.5 Å². The molecule has 20 heavy (non-hydrogen) atoms. The van der Waals surface area contributed by atoms with E-state index in [1.807, 2.05) is 12.1 Å². The summed E-state index contributed by atoms with van der Waals surface area (Å²) in [6, 6.07) is 14.1. The zero-order valence-corrected chi connectivity index (χ0v) is 12.0. The third-order valence-electron chi connectivity index (χ3n) is 4.20. The molecule has 1 aliphatic carbocycles. The summed E-state index contributed by atoms with van der Waals surface area (Å²) >= 11 is 0. The first kappa shape index (κ1) is 13.3. The summed E-state index contributed by atoms with van der Waals surface area (Å²) in [5.74, 6) is -0.178. The van der Waals surface area contributed by atoms with Crippen molar-refractivity contribution in [2.24, 2.45) is 0 Å². The van der Waals surface area contributed by atoms with Crippen molar-refractivity contribution in [1.82, 2.24) is 5.32 Å². The van der Waals surface area contributed by atoms with Crippen molar-refractivity contribution in [2.45, 2.75) is 38.8 Å². The first-order valence-electron chi connectivity index (χ1n) is 7.24. The van der Waals surface area contributed by atoms with Crippen molar-refractivity contribution in [2.75, 3.05) is 0 Å². The zero-order valence-electron chi connectivity index (χ0n) is 12.0. The Morgan fingerprint density at radius 3 is 2.65 bits per heavy atom. The molecule has 1 unspecified atom stereocenters.